The van der Waals surface area contributed by atoms with Crippen LogP contribution in [0, 0.1) is 5.41 Å². The summed E-state index contributed by atoms with van der Waals surface area (Å²) >= 11 is 0. The highest BCUT2D eigenvalue weighted by Gasteiger charge is 2.13. The van der Waals surface area contributed by atoms with Crippen molar-refractivity contribution >= 4 is 0 Å². The Morgan fingerprint density at radius 1 is 1.18 bits per heavy atom. The molecule has 0 aromatic carbocycles. The Kier molecular flexibility index (Phi) is 5.57. The first-order valence-corrected chi connectivity index (χ1v) is 4.77. The third-order valence-electron chi connectivity index (χ3n) is 2.49. The average Bonchev–Trinajstić information content (AvgIpc) is 1.99. The summed E-state index contributed by atoms with van der Waals surface area (Å²) < 4.78 is 0. The molecule has 0 fully saturated rings. The van der Waals surface area contributed by atoms with E-state index in [2.05, 4.69) is 26.1 Å². The Bertz CT molecular complexity index is 86.9. The molecule has 0 saturated carbocycles. The van der Waals surface area contributed by atoms with Crippen molar-refractivity contribution in [2.45, 2.75) is 46.5 Å². The van der Waals surface area contributed by atoms with E-state index in [1.165, 1.54) is 32.2 Å². The molecule has 0 bridgehead atoms. The quantitative estimate of drug-likeness (QED) is 0.585. The highest BCUT2D eigenvalue weighted by molar-refractivity contribution is 4.65. The van der Waals surface area contributed by atoms with Crippen LogP contribution in [0.4, 0.5) is 0 Å². The Labute approximate surface area is 71.6 Å². The maximum atomic E-state index is 3.17. The number of hydrogen-bond donors (Lipinski definition) is 1. The maximum absolute atomic E-state index is 3.17. The first-order chi connectivity index (χ1) is 5.12. The van der Waals surface area contributed by atoms with Crippen molar-refractivity contribution in [2.75, 3.05) is 13.6 Å². The van der Waals surface area contributed by atoms with E-state index in [-0.39, 0.29) is 0 Å². The van der Waals surface area contributed by atoms with E-state index in [1.807, 2.05) is 7.05 Å². The zero-order valence-corrected chi connectivity index (χ0v) is 8.54. The molecule has 0 spiro atoms. The molecule has 0 atom stereocenters. The van der Waals surface area contributed by atoms with Crippen LogP contribution in [0.1, 0.15) is 46.5 Å². The van der Waals surface area contributed by atoms with Gasteiger partial charge in [-0.25, -0.2) is 0 Å². The van der Waals surface area contributed by atoms with Gasteiger partial charge in [0.1, 0.15) is 0 Å². The van der Waals surface area contributed by atoms with Crippen molar-refractivity contribution in [2.24, 2.45) is 5.41 Å². The van der Waals surface area contributed by atoms with Gasteiger partial charge < -0.3 is 5.32 Å². The van der Waals surface area contributed by atoms with Gasteiger partial charge in [-0.05, 0) is 31.8 Å². The lowest BCUT2D eigenvalue weighted by Crippen LogP contribution is -2.12. The predicted octanol–water partition coefficient (Wildman–Crippen LogP) is 2.81. The zero-order chi connectivity index (χ0) is 8.74. The largest absolute Gasteiger partial charge is 0.320 e. The Hall–Kier alpha value is -0.0400. The lowest BCUT2D eigenvalue weighted by molar-refractivity contribution is 0.309. The van der Waals surface area contributed by atoms with Gasteiger partial charge in [0.15, 0.2) is 0 Å². The van der Waals surface area contributed by atoms with E-state index >= 15 is 0 Å². The lowest BCUT2D eigenvalue weighted by atomic mass is 9.85. The second-order valence-corrected chi connectivity index (χ2v) is 4.08. The standard InChI is InChI=1S/C10H23N/c1-5-10(2,3)8-6-7-9-11-4/h11H,5-9H2,1-4H3. The molecule has 1 nitrogen and oxygen atoms in total. The van der Waals surface area contributed by atoms with E-state index in [1.54, 1.807) is 0 Å². The van der Waals surface area contributed by atoms with Crippen molar-refractivity contribution in [3.05, 3.63) is 0 Å². The van der Waals surface area contributed by atoms with Crippen LogP contribution in [-0.2, 0) is 0 Å². The third-order valence-corrected chi connectivity index (χ3v) is 2.49. The summed E-state index contributed by atoms with van der Waals surface area (Å²) in [7, 11) is 2.02. The van der Waals surface area contributed by atoms with Crippen LogP contribution < -0.4 is 5.32 Å². The van der Waals surface area contributed by atoms with Crippen LogP contribution in [-0.4, -0.2) is 13.6 Å². The van der Waals surface area contributed by atoms with Gasteiger partial charge in [0.25, 0.3) is 0 Å². The Balaban J connectivity index is 3.23. The molecule has 0 rings (SSSR count). The fourth-order valence-corrected chi connectivity index (χ4v) is 1.08. The number of rotatable bonds is 6. The van der Waals surface area contributed by atoms with E-state index in [9.17, 15) is 0 Å². The van der Waals surface area contributed by atoms with Crippen LogP contribution in [0.15, 0.2) is 0 Å². The molecule has 0 aromatic rings. The highest BCUT2D eigenvalue weighted by Crippen LogP contribution is 2.26. The predicted molar refractivity (Wildman–Crippen MR) is 51.8 cm³/mol. The van der Waals surface area contributed by atoms with Crippen LogP contribution >= 0.6 is 0 Å². The molecule has 0 aromatic heterocycles. The fourth-order valence-electron chi connectivity index (χ4n) is 1.08. The molecule has 0 saturated heterocycles. The fraction of sp³-hybridized carbons (Fsp3) is 1.00. The first kappa shape index (κ1) is 11.0. The van der Waals surface area contributed by atoms with Crippen molar-refractivity contribution in [1.29, 1.82) is 0 Å². The minimum atomic E-state index is 0.563. The van der Waals surface area contributed by atoms with Gasteiger partial charge in [0.2, 0.25) is 0 Å². The molecule has 68 valence electrons. The summed E-state index contributed by atoms with van der Waals surface area (Å²) in [5.74, 6) is 0. The average molecular weight is 157 g/mol. The van der Waals surface area contributed by atoms with Gasteiger partial charge in [0, 0.05) is 0 Å². The van der Waals surface area contributed by atoms with Gasteiger partial charge in [-0.15, -0.1) is 0 Å². The first-order valence-electron chi connectivity index (χ1n) is 4.77. The van der Waals surface area contributed by atoms with Gasteiger partial charge in [0.05, 0.1) is 0 Å². The monoisotopic (exact) mass is 157 g/mol. The molecule has 0 amide bonds. The van der Waals surface area contributed by atoms with Gasteiger partial charge in [-0.3, -0.25) is 0 Å². The molecule has 0 aliphatic heterocycles. The van der Waals surface area contributed by atoms with Crippen molar-refractivity contribution in [3.63, 3.8) is 0 Å². The molecule has 0 radical (unpaired) electrons. The molecular formula is C10H23N. The summed E-state index contributed by atoms with van der Waals surface area (Å²) in [6.45, 7) is 8.15. The zero-order valence-electron chi connectivity index (χ0n) is 8.54. The normalized spacial score (nSPS) is 12.0. The Morgan fingerprint density at radius 2 is 1.82 bits per heavy atom. The topological polar surface area (TPSA) is 12.0 Å². The van der Waals surface area contributed by atoms with E-state index < -0.39 is 0 Å². The SMILES string of the molecule is CCC(C)(C)CCCCNC. The number of hydrogen-bond acceptors (Lipinski definition) is 1. The molecule has 0 unspecified atom stereocenters. The maximum Gasteiger partial charge on any atom is -0.00519 e. The summed E-state index contributed by atoms with van der Waals surface area (Å²) in [5.41, 5.74) is 0.563. The van der Waals surface area contributed by atoms with Gasteiger partial charge >= 0.3 is 0 Å². The molecule has 0 heterocycles. The molecule has 1 N–H and O–H groups in total. The van der Waals surface area contributed by atoms with Crippen molar-refractivity contribution in [3.8, 4) is 0 Å². The summed E-state index contributed by atoms with van der Waals surface area (Å²) in [6, 6.07) is 0. The summed E-state index contributed by atoms with van der Waals surface area (Å²) in [4.78, 5) is 0. The smallest absolute Gasteiger partial charge is 0.00519 e. The second kappa shape index (κ2) is 5.59. The van der Waals surface area contributed by atoms with Gasteiger partial charge in [-0.1, -0.05) is 33.6 Å². The van der Waals surface area contributed by atoms with Crippen LogP contribution in [0.2, 0.25) is 0 Å². The van der Waals surface area contributed by atoms with E-state index in [0.29, 0.717) is 5.41 Å². The summed E-state index contributed by atoms with van der Waals surface area (Å²) in [6.07, 6.45) is 5.35. The van der Waals surface area contributed by atoms with E-state index in [0.717, 1.165) is 0 Å². The molecule has 1 heteroatoms. The molecule has 11 heavy (non-hydrogen) atoms. The number of unbranched alkanes of at least 4 members (excludes halogenated alkanes) is 1. The van der Waals surface area contributed by atoms with Crippen LogP contribution in [0.25, 0.3) is 0 Å². The minimum Gasteiger partial charge on any atom is -0.320 e. The molecule has 0 aliphatic rings. The highest BCUT2D eigenvalue weighted by atomic mass is 14.8. The molecule has 0 aliphatic carbocycles. The minimum absolute atomic E-state index is 0.563. The number of nitrogens with one attached hydrogen (secondary N) is 1. The lowest BCUT2D eigenvalue weighted by Gasteiger charge is -2.21. The Morgan fingerprint density at radius 3 is 2.27 bits per heavy atom. The van der Waals surface area contributed by atoms with Crippen LogP contribution in [0.5, 0.6) is 0 Å². The van der Waals surface area contributed by atoms with Crippen molar-refractivity contribution < 1.29 is 0 Å². The molecular weight excluding hydrogens is 134 g/mol. The second-order valence-electron chi connectivity index (χ2n) is 4.08. The van der Waals surface area contributed by atoms with Crippen molar-refractivity contribution in [1.82, 2.24) is 5.32 Å². The summed E-state index contributed by atoms with van der Waals surface area (Å²) in [5, 5.41) is 3.17. The van der Waals surface area contributed by atoms with Gasteiger partial charge in [-0.2, -0.15) is 0 Å². The third kappa shape index (κ3) is 6.36. The van der Waals surface area contributed by atoms with E-state index in [4.69, 9.17) is 0 Å². The van der Waals surface area contributed by atoms with Crippen LogP contribution in [0.3, 0.4) is 0 Å².